The maximum Gasteiger partial charge on any atom is 0.134 e. The predicted molar refractivity (Wildman–Crippen MR) is 135 cm³/mol. The van der Waals surface area contributed by atoms with Crippen LogP contribution in [0.5, 0.6) is 5.75 Å². The zero-order valence-corrected chi connectivity index (χ0v) is 20.7. The van der Waals surface area contributed by atoms with Crippen LogP contribution in [0.2, 0.25) is 0 Å². The molecule has 3 nitrogen and oxygen atoms in total. The maximum absolute atomic E-state index is 5.92. The minimum absolute atomic E-state index is 0. The second-order valence-electron chi connectivity index (χ2n) is 8.63. The number of halogens is 1. The van der Waals surface area contributed by atoms with Crippen molar-refractivity contribution in [3.05, 3.63) is 60.4 Å². The minimum atomic E-state index is 0. The standard InChI is InChI=1S/C26H29NO2S.BrH/c1-18(2)29-21-6-8-22(9-7-21)30-23-10-11-26-24(16-23)25(17-28-26)19-12-14-27-13-4-3-5-20(27)15-19;/h6-12,16-18,20H,3-5,13-15H2,1-2H3;1H. The van der Waals surface area contributed by atoms with Crippen molar-refractivity contribution < 1.29 is 9.15 Å². The highest BCUT2D eigenvalue weighted by molar-refractivity contribution is 8.93. The van der Waals surface area contributed by atoms with Crippen molar-refractivity contribution in [2.24, 2.45) is 0 Å². The normalized spacial score (nSPS) is 19.1. The molecule has 1 unspecified atom stereocenters. The number of nitrogens with zero attached hydrogens (tertiary/aromatic N) is 1. The van der Waals surface area contributed by atoms with E-state index in [0.29, 0.717) is 6.04 Å². The van der Waals surface area contributed by atoms with Crippen LogP contribution in [0.1, 0.15) is 45.1 Å². The Hall–Kier alpha value is -1.69. The zero-order valence-electron chi connectivity index (χ0n) is 18.2. The zero-order chi connectivity index (χ0) is 20.5. The molecule has 0 radical (unpaired) electrons. The summed E-state index contributed by atoms with van der Waals surface area (Å²) < 4.78 is 11.7. The van der Waals surface area contributed by atoms with E-state index in [-0.39, 0.29) is 23.1 Å². The molecule has 0 N–H and O–H groups in total. The van der Waals surface area contributed by atoms with Gasteiger partial charge in [0.1, 0.15) is 11.3 Å². The van der Waals surface area contributed by atoms with E-state index in [0.717, 1.165) is 24.3 Å². The second-order valence-corrected chi connectivity index (χ2v) is 9.77. The first-order valence-corrected chi connectivity index (χ1v) is 11.9. The molecule has 1 atom stereocenters. The molecule has 0 spiro atoms. The Labute approximate surface area is 199 Å². The van der Waals surface area contributed by atoms with Crippen LogP contribution in [0.4, 0.5) is 0 Å². The molecular formula is C26H30BrNO2S. The van der Waals surface area contributed by atoms with E-state index in [1.165, 1.54) is 52.1 Å². The topological polar surface area (TPSA) is 25.6 Å². The molecular weight excluding hydrogens is 470 g/mol. The lowest BCUT2D eigenvalue weighted by Gasteiger charge is -2.38. The van der Waals surface area contributed by atoms with Gasteiger partial charge in [0, 0.05) is 33.3 Å². The third-order valence-corrected chi connectivity index (χ3v) is 7.10. The Bertz CT molecular complexity index is 1060. The summed E-state index contributed by atoms with van der Waals surface area (Å²) in [4.78, 5) is 5.09. The van der Waals surface area contributed by atoms with Gasteiger partial charge >= 0.3 is 0 Å². The summed E-state index contributed by atoms with van der Waals surface area (Å²) in [5.41, 5.74) is 3.70. The van der Waals surface area contributed by atoms with E-state index in [2.05, 4.69) is 41.3 Å². The summed E-state index contributed by atoms with van der Waals surface area (Å²) >= 11 is 1.78. The van der Waals surface area contributed by atoms with Crippen LogP contribution in [-0.2, 0) is 0 Å². The Balaban J connectivity index is 0.00000231. The van der Waals surface area contributed by atoms with Gasteiger partial charge in [-0.25, -0.2) is 0 Å². The lowest BCUT2D eigenvalue weighted by Crippen LogP contribution is -2.41. The lowest BCUT2D eigenvalue weighted by molar-refractivity contribution is 0.161. The molecule has 5 heteroatoms. The van der Waals surface area contributed by atoms with Crippen molar-refractivity contribution in [2.45, 2.75) is 61.5 Å². The fraction of sp³-hybridized carbons (Fsp3) is 0.385. The fourth-order valence-corrected chi connectivity index (χ4v) is 5.49. The molecule has 1 aromatic heterocycles. The maximum atomic E-state index is 5.92. The van der Waals surface area contributed by atoms with Gasteiger partial charge in [-0.1, -0.05) is 24.3 Å². The van der Waals surface area contributed by atoms with Gasteiger partial charge in [0.15, 0.2) is 0 Å². The summed E-state index contributed by atoms with van der Waals surface area (Å²) in [7, 11) is 0. The lowest BCUT2D eigenvalue weighted by atomic mass is 9.89. The van der Waals surface area contributed by atoms with Crippen LogP contribution in [-0.4, -0.2) is 30.1 Å². The van der Waals surface area contributed by atoms with Crippen LogP contribution in [0, 0.1) is 0 Å². The molecule has 0 bridgehead atoms. The van der Waals surface area contributed by atoms with Gasteiger partial charge < -0.3 is 9.15 Å². The number of fused-ring (bicyclic) bond motifs is 2. The van der Waals surface area contributed by atoms with Gasteiger partial charge in [0.2, 0.25) is 0 Å². The molecule has 5 rings (SSSR count). The van der Waals surface area contributed by atoms with Crippen molar-refractivity contribution >= 4 is 45.3 Å². The van der Waals surface area contributed by atoms with Crippen molar-refractivity contribution in [2.75, 3.05) is 13.1 Å². The highest BCUT2D eigenvalue weighted by Gasteiger charge is 2.27. The molecule has 0 amide bonds. The van der Waals surface area contributed by atoms with Crippen molar-refractivity contribution in [3.63, 3.8) is 0 Å². The molecule has 1 saturated heterocycles. The summed E-state index contributed by atoms with van der Waals surface area (Å²) in [5.74, 6) is 0.919. The fourth-order valence-electron chi connectivity index (χ4n) is 4.63. The highest BCUT2D eigenvalue weighted by atomic mass is 79.9. The van der Waals surface area contributed by atoms with Gasteiger partial charge in [-0.15, -0.1) is 17.0 Å². The van der Waals surface area contributed by atoms with E-state index in [1.807, 2.05) is 32.2 Å². The molecule has 2 aromatic carbocycles. The van der Waals surface area contributed by atoms with E-state index in [9.17, 15) is 0 Å². The smallest absolute Gasteiger partial charge is 0.134 e. The van der Waals surface area contributed by atoms with Crippen LogP contribution in [0.25, 0.3) is 16.5 Å². The average Bonchev–Trinajstić information content (AvgIpc) is 3.18. The predicted octanol–water partition coefficient (Wildman–Crippen LogP) is 7.59. The number of piperidine rings is 1. The quantitative estimate of drug-likeness (QED) is 0.361. The molecule has 0 aliphatic carbocycles. The van der Waals surface area contributed by atoms with E-state index in [1.54, 1.807) is 11.8 Å². The van der Waals surface area contributed by atoms with E-state index < -0.39 is 0 Å². The van der Waals surface area contributed by atoms with E-state index in [4.69, 9.17) is 9.15 Å². The third kappa shape index (κ3) is 5.05. The van der Waals surface area contributed by atoms with E-state index >= 15 is 0 Å². The molecule has 2 aliphatic rings. The number of benzene rings is 2. The van der Waals surface area contributed by atoms with Crippen LogP contribution >= 0.6 is 28.7 Å². The van der Waals surface area contributed by atoms with Crippen molar-refractivity contribution in [1.29, 1.82) is 0 Å². The number of hydrogen-bond donors (Lipinski definition) is 0. The van der Waals surface area contributed by atoms with Crippen molar-refractivity contribution in [1.82, 2.24) is 4.90 Å². The first kappa shape index (κ1) is 22.5. The summed E-state index contributed by atoms with van der Waals surface area (Å²) in [6.45, 7) is 6.43. The molecule has 2 aliphatic heterocycles. The van der Waals surface area contributed by atoms with Crippen LogP contribution in [0.15, 0.2) is 69.0 Å². The number of rotatable bonds is 5. The minimum Gasteiger partial charge on any atom is -0.491 e. The van der Waals surface area contributed by atoms with Gasteiger partial charge in [-0.05, 0) is 87.7 Å². The molecule has 164 valence electrons. The van der Waals surface area contributed by atoms with Crippen molar-refractivity contribution in [3.8, 4) is 5.75 Å². The monoisotopic (exact) mass is 499 g/mol. The first-order chi connectivity index (χ1) is 14.7. The molecule has 31 heavy (non-hydrogen) atoms. The molecule has 3 heterocycles. The second kappa shape index (κ2) is 9.85. The Morgan fingerprint density at radius 1 is 1.06 bits per heavy atom. The molecule has 1 fully saturated rings. The van der Waals surface area contributed by atoms with Gasteiger partial charge in [-0.3, -0.25) is 4.90 Å². The highest BCUT2D eigenvalue weighted by Crippen LogP contribution is 2.38. The van der Waals surface area contributed by atoms with Gasteiger partial charge in [0.05, 0.1) is 12.4 Å². The summed E-state index contributed by atoms with van der Waals surface area (Å²) in [6, 6.07) is 15.6. The number of hydrogen-bond acceptors (Lipinski definition) is 4. The first-order valence-electron chi connectivity index (χ1n) is 11.0. The average molecular weight is 501 g/mol. The Morgan fingerprint density at radius 2 is 1.87 bits per heavy atom. The number of ether oxygens (including phenoxy) is 1. The Morgan fingerprint density at radius 3 is 2.68 bits per heavy atom. The van der Waals surface area contributed by atoms with Gasteiger partial charge in [-0.2, -0.15) is 0 Å². The van der Waals surface area contributed by atoms with Crippen LogP contribution in [0.3, 0.4) is 0 Å². The van der Waals surface area contributed by atoms with Gasteiger partial charge in [0.25, 0.3) is 0 Å². The van der Waals surface area contributed by atoms with Crippen LogP contribution < -0.4 is 4.74 Å². The third-order valence-electron chi connectivity index (χ3n) is 6.10. The molecule has 0 saturated carbocycles. The summed E-state index contributed by atoms with van der Waals surface area (Å²) in [5, 5.41) is 1.23. The summed E-state index contributed by atoms with van der Waals surface area (Å²) in [6.07, 6.45) is 9.75. The Kier molecular flexibility index (Phi) is 7.15. The molecule has 3 aromatic rings. The number of furan rings is 1. The SMILES string of the molecule is Br.CC(C)Oc1ccc(Sc2ccc3occ(C4=CCN5CCCCC5C4)c3c2)cc1. The largest absolute Gasteiger partial charge is 0.491 e.